The topological polar surface area (TPSA) is 76.8 Å². The van der Waals surface area contributed by atoms with E-state index in [0.717, 1.165) is 48.6 Å². The van der Waals surface area contributed by atoms with Gasteiger partial charge in [-0.05, 0) is 37.1 Å². The number of fused-ring (bicyclic) bond motifs is 1. The van der Waals surface area contributed by atoms with Crippen molar-refractivity contribution in [1.82, 2.24) is 10.1 Å². The summed E-state index contributed by atoms with van der Waals surface area (Å²) in [4.78, 5) is 14.8. The third kappa shape index (κ3) is 4.56. The van der Waals surface area contributed by atoms with Crippen LogP contribution in [0.15, 0.2) is 28.8 Å². The smallest absolute Gasteiger partial charge is 0.240 e. The molecule has 2 aromatic rings. The molecule has 0 saturated carbocycles. The molecule has 29 heavy (non-hydrogen) atoms. The van der Waals surface area contributed by atoms with E-state index in [-0.39, 0.29) is 17.4 Å². The van der Waals surface area contributed by atoms with Crippen LogP contribution < -0.4 is 14.8 Å². The van der Waals surface area contributed by atoms with Crippen molar-refractivity contribution >= 4 is 11.8 Å². The molecule has 1 aromatic heterocycles. The zero-order valence-electron chi connectivity index (χ0n) is 17.4. The number of ether oxygens (including phenoxy) is 2. The molecule has 1 N–H and O–H groups in total. The summed E-state index contributed by atoms with van der Waals surface area (Å²) in [7, 11) is 0. The largest absolute Gasteiger partial charge is 0.490 e. The minimum absolute atomic E-state index is 0.0946. The van der Waals surface area contributed by atoms with Gasteiger partial charge in [-0.3, -0.25) is 15.0 Å². The molecule has 2 aliphatic heterocycles. The van der Waals surface area contributed by atoms with Crippen LogP contribution in [-0.2, 0) is 10.2 Å². The maximum atomic E-state index is 12.6. The number of hydrogen-bond acceptors (Lipinski definition) is 6. The summed E-state index contributed by atoms with van der Waals surface area (Å²) >= 11 is 0. The third-order valence-corrected chi connectivity index (χ3v) is 5.41. The number of aromatic nitrogens is 1. The van der Waals surface area contributed by atoms with E-state index in [1.807, 2.05) is 6.07 Å². The lowest BCUT2D eigenvalue weighted by Crippen LogP contribution is -2.32. The minimum atomic E-state index is -0.121. The van der Waals surface area contributed by atoms with Crippen LogP contribution in [0, 0.1) is 0 Å². The molecule has 3 heterocycles. The fourth-order valence-electron chi connectivity index (χ4n) is 3.83. The average Bonchev–Trinajstić information content (AvgIpc) is 3.25. The number of benzene rings is 1. The van der Waals surface area contributed by atoms with Gasteiger partial charge in [-0.1, -0.05) is 32.0 Å². The lowest BCUT2D eigenvalue weighted by molar-refractivity contribution is -0.117. The zero-order valence-corrected chi connectivity index (χ0v) is 17.4. The Hall–Kier alpha value is -2.54. The molecule has 1 atom stereocenters. The number of hydrogen-bond donors (Lipinski definition) is 1. The number of carbonyl (C=O) groups excluding carboxylic acids is 1. The second-order valence-corrected chi connectivity index (χ2v) is 8.76. The van der Waals surface area contributed by atoms with Gasteiger partial charge in [0.05, 0.1) is 25.5 Å². The van der Waals surface area contributed by atoms with Gasteiger partial charge in [0.2, 0.25) is 11.8 Å². The molecule has 156 valence electrons. The molecule has 0 aliphatic carbocycles. The third-order valence-electron chi connectivity index (χ3n) is 5.41. The van der Waals surface area contributed by atoms with Crippen molar-refractivity contribution in [2.75, 3.05) is 31.6 Å². The van der Waals surface area contributed by atoms with E-state index in [2.05, 4.69) is 48.3 Å². The molecule has 7 nitrogen and oxygen atoms in total. The van der Waals surface area contributed by atoms with Crippen LogP contribution in [0.3, 0.4) is 0 Å². The van der Waals surface area contributed by atoms with Crippen LogP contribution in [-0.4, -0.2) is 42.3 Å². The van der Waals surface area contributed by atoms with Crippen LogP contribution in [0.25, 0.3) is 0 Å². The van der Waals surface area contributed by atoms with Crippen molar-refractivity contribution in [1.29, 1.82) is 0 Å². The van der Waals surface area contributed by atoms with Gasteiger partial charge in [0.25, 0.3) is 0 Å². The number of rotatable bonds is 4. The van der Waals surface area contributed by atoms with Gasteiger partial charge in [-0.25, -0.2) is 0 Å². The van der Waals surface area contributed by atoms with Gasteiger partial charge in [0, 0.05) is 23.9 Å². The van der Waals surface area contributed by atoms with Gasteiger partial charge in [0.15, 0.2) is 11.5 Å². The van der Waals surface area contributed by atoms with Gasteiger partial charge in [-0.2, -0.15) is 0 Å². The molecule has 1 aromatic carbocycles. The van der Waals surface area contributed by atoms with E-state index in [1.165, 1.54) is 0 Å². The summed E-state index contributed by atoms with van der Waals surface area (Å²) in [6.45, 7) is 8.71. The van der Waals surface area contributed by atoms with E-state index >= 15 is 0 Å². The van der Waals surface area contributed by atoms with Crippen molar-refractivity contribution in [3.63, 3.8) is 0 Å². The SMILES string of the molecule is CC(C)(C)c1cc(NC(=O)CN2CCC[C@@H]2c2ccc3c(c2)OCCCO3)on1. The summed E-state index contributed by atoms with van der Waals surface area (Å²) in [6, 6.07) is 8.12. The Morgan fingerprint density at radius 3 is 2.72 bits per heavy atom. The van der Waals surface area contributed by atoms with Gasteiger partial charge in [0.1, 0.15) is 0 Å². The fraction of sp³-hybridized carbons (Fsp3) is 0.545. The predicted octanol–water partition coefficient (Wildman–Crippen LogP) is 3.91. The number of likely N-dealkylation sites (tertiary alicyclic amines) is 1. The second kappa shape index (κ2) is 8.06. The van der Waals surface area contributed by atoms with E-state index in [0.29, 0.717) is 25.6 Å². The van der Waals surface area contributed by atoms with Gasteiger partial charge in [-0.15, -0.1) is 0 Å². The molecule has 4 rings (SSSR count). The average molecular weight is 399 g/mol. The van der Waals surface area contributed by atoms with Crippen molar-refractivity contribution in [3.05, 3.63) is 35.5 Å². The van der Waals surface area contributed by atoms with Crippen LogP contribution in [0.4, 0.5) is 5.88 Å². The fourth-order valence-corrected chi connectivity index (χ4v) is 3.83. The molecule has 1 saturated heterocycles. The quantitative estimate of drug-likeness (QED) is 0.840. The molecule has 1 fully saturated rings. The molecular formula is C22H29N3O4. The van der Waals surface area contributed by atoms with Crippen molar-refractivity contribution < 1.29 is 18.8 Å². The molecule has 0 unspecified atom stereocenters. The first-order chi connectivity index (χ1) is 13.9. The second-order valence-electron chi connectivity index (χ2n) is 8.76. The molecule has 1 amide bonds. The zero-order chi connectivity index (χ0) is 20.4. The summed E-state index contributed by atoms with van der Waals surface area (Å²) in [5.41, 5.74) is 1.86. The number of nitrogens with zero attached hydrogens (tertiary/aromatic N) is 2. The Bertz CT molecular complexity index is 871. The highest BCUT2D eigenvalue weighted by molar-refractivity contribution is 5.91. The highest BCUT2D eigenvalue weighted by Gasteiger charge is 2.29. The number of nitrogens with one attached hydrogen (secondary N) is 1. The Kier molecular flexibility index (Phi) is 5.50. The standard InChI is InChI=1S/C22H29N3O4/c1-22(2,3)19-13-21(29-24-19)23-20(26)14-25-9-4-6-16(25)15-7-8-17-18(12-15)28-11-5-10-27-17/h7-8,12-13,16H,4-6,9-11,14H2,1-3H3,(H,23,26)/t16-/m1/s1. The normalized spacial score (nSPS) is 19.8. The van der Waals surface area contributed by atoms with Crippen LogP contribution >= 0.6 is 0 Å². The summed E-state index contributed by atoms with van der Waals surface area (Å²) < 4.78 is 16.8. The van der Waals surface area contributed by atoms with Crippen LogP contribution in [0.2, 0.25) is 0 Å². The van der Waals surface area contributed by atoms with E-state index < -0.39 is 0 Å². The number of anilines is 1. The van der Waals surface area contributed by atoms with E-state index in [1.54, 1.807) is 6.07 Å². The van der Waals surface area contributed by atoms with Crippen LogP contribution in [0.1, 0.15) is 57.3 Å². The summed E-state index contributed by atoms with van der Waals surface area (Å²) in [6.07, 6.45) is 2.96. The molecule has 2 aliphatic rings. The lowest BCUT2D eigenvalue weighted by atomic mass is 9.92. The van der Waals surface area contributed by atoms with Gasteiger partial charge >= 0.3 is 0 Å². The first kappa shape index (κ1) is 19.8. The molecule has 7 heteroatoms. The summed E-state index contributed by atoms with van der Waals surface area (Å²) in [5.74, 6) is 1.90. The highest BCUT2D eigenvalue weighted by atomic mass is 16.5. The summed E-state index contributed by atoms with van der Waals surface area (Å²) in [5, 5.41) is 6.89. The van der Waals surface area contributed by atoms with Crippen molar-refractivity contribution in [2.45, 2.75) is 51.5 Å². The molecular weight excluding hydrogens is 370 g/mol. The number of amides is 1. The first-order valence-corrected chi connectivity index (χ1v) is 10.3. The maximum Gasteiger partial charge on any atom is 0.240 e. The van der Waals surface area contributed by atoms with E-state index in [4.69, 9.17) is 14.0 Å². The molecule has 0 radical (unpaired) electrons. The molecule has 0 bridgehead atoms. The monoisotopic (exact) mass is 399 g/mol. The van der Waals surface area contributed by atoms with Crippen molar-refractivity contribution in [2.24, 2.45) is 0 Å². The number of carbonyl (C=O) groups is 1. The Balaban J connectivity index is 1.41. The Morgan fingerprint density at radius 1 is 1.17 bits per heavy atom. The lowest BCUT2D eigenvalue weighted by Gasteiger charge is -2.24. The minimum Gasteiger partial charge on any atom is -0.490 e. The highest BCUT2D eigenvalue weighted by Crippen LogP contribution is 2.37. The Labute approximate surface area is 171 Å². The first-order valence-electron chi connectivity index (χ1n) is 10.3. The molecule has 0 spiro atoms. The van der Waals surface area contributed by atoms with Crippen LogP contribution in [0.5, 0.6) is 11.5 Å². The van der Waals surface area contributed by atoms with E-state index in [9.17, 15) is 4.79 Å². The van der Waals surface area contributed by atoms with Gasteiger partial charge < -0.3 is 14.0 Å². The maximum absolute atomic E-state index is 12.6. The predicted molar refractivity (Wildman–Crippen MR) is 109 cm³/mol. The van der Waals surface area contributed by atoms with Crippen molar-refractivity contribution in [3.8, 4) is 11.5 Å². The Morgan fingerprint density at radius 2 is 1.97 bits per heavy atom.